The number of benzene rings is 1. The van der Waals surface area contributed by atoms with Crippen molar-refractivity contribution >= 4 is 5.91 Å². The van der Waals surface area contributed by atoms with Crippen LogP contribution in [0.4, 0.5) is 0 Å². The summed E-state index contributed by atoms with van der Waals surface area (Å²) in [6.45, 7) is 12.1. The number of carbonyl (C=O) groups is 1. The summed E-state index contributed by atoms with van der Waals surface area (Å²) in [5.41, 5.74) is 2.26. The quantitative estimate of drug-likeness (QED) is 0.878. The van der Waals surface area contributed by atoms with Gasteiger partial charge in [0.15, 0.2) is 0 Å². The molecule has 0 bridgehead atoms. The maximum Gasteiger partial charge on any atom is 0.222 e. The molecule has 0 fully saturated rings. The summed E-state index contributed by atoms with van der Waals surface area (Å²) in [6.07, 6.45) is -0.422. The Kier molecular flexibility index (Phi) is 13.8. The molecule has 0 aliphatic carbocycles. The molecule has 0 heterocycles. The molecule has 110 valence electrons. The van der Waals surface area contributed by atoms with E-state index in [0.717, 1.165) is 5.56 Å². The summed E-state index contributed by atoms with van der Waals surface area (Å²) in [7, 11) is 0. The maximum absolute atomic E-state index is 11.2. The molecule has 1 amide bonds. The van der Waals surface area contributed by atoms with Crippen LogP contribution in [0.25, 0.3) is 0 Å². The van der Waals surface area contributed by atoms with E-state index in [9.17, 15) is 4.79 Å². The van der Waals surface area contributed by atoms with Gasteiger partial charge >= 0.3 is 0 Å². The number of hydrogen-bond donors (Lipinski definition) is 2. The van der Waals surface area contributed by atoms with Gasteiger partial charge in [0.2, 0.25) is 5.91 Å². The maximum atomic E-state index is 11.2. The van der Waals surface area contributed by atoms with Crippen molar-refractivity contribution in [1.82, 2.24) is 5.32 Å². The molecule has 0 radical (unpaired) electrons. The van der Waals surface area contributed by atoms with Gasteiger partial charge in [-0.15, -0.1) is 0 Å². The van der Waals surface area contributed by atoms with E-state index in [1.807, 2.05) is 58.9 Å². The molecule has 1 unspecified atom stereocenters. The molecule has 3 nitrogen and oxygen atoms in total. The smallest absolute Gasteiger partial charge is 0.222 e. The molecule has 0 saturated heterocycles. The van der Waals surface area contributed by atoms with Crippen LogP contribution in [0, 0.1) is 6.92 Å². The van der Waals surface area contributed by atoms with E-state index in [-0.39, 0.29) is 12.3 Å². The SMILES string of the molecule is CC.CC.Cc1cccc(CNC(=O)CC(C)O)c1. The first-order chi connectivity index (χ1) is 9.08. The van der Waals surface area contributed by atoms with E-state index in [2.05, 4.69) is 5.32 Å². The van der Waals surface area contributed by atoms with Crippen LogP contribution in [-0.4, -0.2) is 17.1 Å². The number of hydrogen-bond acceptors (Lipinski definition) is 2. The average Bonchev–Trinajstić information content (AvgIpc) is 2.40. The second-order valence-electron chi connectivity index (χ2n) is 3.82. The average molecular weight is 267 g/mol. The molecule has 1 atom stereocenters. The van der Waals surface area contributed by atoms with Crippen molar-refractivity contribution in [2.75, 3.05) is 0 Å². The van der Waals surface area contributed by atoms with E-state index < -0.39 is 6.10 Å². The van der Waals surface area contributed by atoms with Gasteiger partial charge in [-0.05, 0) is 19.4 Å². The zero-order valence-electron chi connectivity index (χ0n) is 13.2. The highest BCUT2D eigenvalue weighted by atomic mass is 16.3. The molecule has 0 aliphatic rings. The van der Waals surface area contributed by atoms with Crippen LogP contribution in [0.15, 0.2) is 24.3 Å². The van der Waals surface area contributed by atoms with E-state index >= 15 is 0 Å². The monoisotopic (exact) mass is 267 g/mol. The Morgan fingerprint density at radius 2 is 1.84 bits per heavy atom. The highest BCUT2D eigenvalue weighted by molar-refractivity contribution is 5.76. The lowest BCUT2D eigenvalue weighted by atomic mass is 10.1. The predicted octanol–water partition coefficient (Wildman–Crippen LogP) is 3.43. The Labute approximate surface area is 118 Å². The van der Waals surface area contributed by atoms with Crippen molar-refractivity contribution in [3.8, 4) is 0 Å². The van der Waals surface area contributed by atoms with Crippen LogP contribution in [0.1, 0.15) is 52.2 Å². The number of nitrogens with one attached hydrogen (secondary N) is 1. The summed E-state index contributed by atoms with van der Waals surface area (Å²) in [5.74, 6) is -0.119. The van der Waals surface area contributed by atoms with Crippen molar-refractivity contribution in [1.29, 1.82) is 0 Å². The van der Waals surface area contributed by atoms with Gasteiger partial charge in [-0.1, -0.05) is 57.5 Å². The van der Waals surface area contributed by atoms with E-state index in [4.69, 9.17) is 5.11 Å². The van der Waals surface area contributed by atoms with Crippen LogP contribution in [0.5, 0.6) is 0 Å². The summed E-state index contributed by atoms with van der Waals surface area (Å²) in [5, 5.41) is 11.8. The molecule has 0 saturated carbocycles. The van der Waals surface area contributed by atoms with Gasteiger partial charge in [-0.3, -0.25) is 4.79 Å². The molecule has 3 heteroatoms. The van der Waals surface area contributed by atoms with Gasteiger partial charge in [-0.25, -0.2) is 0 Å². The van der Waals surface area contributed by atoms with Gasteiger partial charge in [-0.2, -0.15) is 0 Å². The fraction of sp³-hybridized carbons (Fsp3) is 0.562. The lowest BCUT2D eigenvalue weighted by Crippen LogP contribution is -2.25. The minimum absolute atomic E-state index is 0.119. The first-order valence-corrected chi connectivity index (χ1v) is 7.08. The zero-order valence-corrected chi connectivity index (χ0v) is 13.2. The van der Waals surface area contributed by atoms with Crippen LogP contribution in [-0.2, 0) is 11.3 Å². The summed E-state index contributed by atoms with van der Waals surface area (Å²) >= 11 is 0. The van der Waals surface area contributed by atoms with Gasteiger partial charge in [0.05, 0.1) is 12.5 Å². The topological polar surface area (TPSA) is 49.3 Å². The standard InChI is InChI=1S/C12H17NO2.2C2H6/c1-9-4-3-5-11(6-9)8-13-12(15)7-10(2)14;2*1-2/h3-6,10,14H,7-8H2,1-2H3,(H,13,15);2*1-2H3. The van der Waals surface area contributed by atoms with Gasteiger partial charge in [0.1, 0.15) is 0 Å². The van der Waals surface area contributed by atoms with Gasteiger partial charge in [0.25, 0.3) is 0 Å². The summed E-state index contributed by atoms with van der Waals surface area (Å²) in [6, 6.07) is 7.98. The number of carbonyl (C=O) groups excluding carboxylic acids is 1. The van der Waals surface area contributed by atoms with Crippen molar-refractivity contribution in [3.63, 3.8) is 0 Å². The Balaban J connectivity index is 0. The third-order valence-corrected chi connectivity index (χ3v) is 2.05. The van der Waals surface area contributed by atoms with Crippen molar-refractivity contribution in [2.45, 2.75) is 60.6 Å². The van der Waals surface area contributed by atoms with Crippen LogP contribution in [0.2, 0.25) is 0 Å². The molecular formula is C16H29NO2. The highest BCUT2D eigenvalue weighted by Crippen LogP contribution is 2.03. The normalized spacial score (nSPS) is 10.3. The Bertz CT molecular complexity index is 335. The fourth-order valence-corrected chi connectivity index (χ4v) is 1.36. The number of rotatable bonds is 4. The molecule has 0 aliphatic heterocycles. The van der Waals surface area contributed by atoms with Crippen molar-refractivity contribution in [3.05, 3.63) is 35.4 Å². The van der Waals surface area contributed by atoms with E-state index in [1.165, 1.54) is 5.56 Å². The minimum atomic E-state index is -0.581. The first kappa shape index (κ1) is 20.0. The van der Waals surface area contributed by atoms with Crippen molar-refractivity contribution in [2.24, 2.45) is 0 Å². The summed E-state index contributed by atoms with van der Waals surface area (Å²) < 4.78 is 0. The molecule has 1 aromatic rings. The first-order valence-electron chi connectivity index (χ1n) is 7.08. The molecule has 1 rings (SSSR count). The fourth-order valence-electron chi connectivity index (χ4n) is 1.36. The molecule has 19 heavy (non-hydrogen) atoms. The largest absolute Gasteiger partial charge is 0.393 e. The lowest BCUT2D eigenvalue weighted by Gasteiger charge is -2.07. The third-order valence-electron chi connectivity index (χ3n) is 2.05. The number of aryl methyl sites for hydroxylation is 1. The van der Waals surface area contributed by atoms with E-state index in [0.29, 0.717) is 6.54 Å². The minimum Gasteiger partial charge on any atom is -0.393 e. The van der Waals surface area contributed by atoms with Gasteiger partial charge in [0, 0.05) is 6.54 Å². The second-order valence-corrected chi connectivity index (χ2v) is 3.82. The van der Waals surface area contributed by atoms with Crippen LogP contribution >= 0.6 is 0 Å². The summed E-state index contributed by atoms with van der Waals surface area (Å²) in [4.78, 5) is 11.2. The highest BCUT2D eigenvalue weighted by Gasteiger charge is 2.04. The lowest BCUT2D eigenvalue weighted by molar-refractivity contribution is -0.122. The Morgan fingerprint density at radius 3 is 2.32 bits per heavy atom. The number of aliphatic hydroxyl groups excluding tert-OH is 1. The molecule has 0 spiro atoms. The third kappa shape index (κ3) is 11.5. The van der Waals surface area contributed by atoms with Crippen LogP contribution < -0.4 is 5.32 Å². The molecule has 0 aromatic heterocycles. The molecule has 1 aromatic carbocycles. The second kappa shape index (κ2) is 13.1. The van der Waals surface area contributed by atoms with Gasteiger partial charge < -0.3 is 10.4 Å². The molecular weight excluding hydrogens is 238 g/mol. The van der Waals surface area contributed by atoms with Crippen molar-refractivity contribution < 1.29 is 9.90 Å². The Hall–Kier alpha value is -1.35. The predicted molar refractivity (Wildman–Crippen MR) is 82.0 cm³/mol. The van der Waals surface area contributed by atoms with Crippen LogP contribution in [0.3, 0.4) is 0 Å². The number of amides is 1. The molecule has 2 N–H and O–H groups in total. The zero-order chi connectivity index (χ0) is 15.3. The Morgan fingerprint density at radius 1 is 1.26 bits per heavy atom. The number of aliphatic hydroxyl groups is 1. The van der Waals surface area contributed by atoms with E-state index in [1.54, 1.807) is 6.92 Å².